The van der Waals surface area contributed by atoms with Crippen LogP contribution >= 0.6 is 0 Å². The number of oxime groups is 1. The lowest BCUT2D eigenvalue weighted by molar-refractivity contribution is -0.165. The number of rotatable bonds is 4. The molecule has 1 aromatic rings. The number of nitrogens with zero attached hydrogens (tertiary/aromatic N) is 1. The zero-order chi connectivity index (χ0) is 15.6. The highest BCUT2D eigenvalue weighted by Gasteiger charge is 2.47. The Balaban J connectivity index is 2.37. The van der Waals surface area contributed by atoms with Crippen molar-refractivity contribution in [2.75, 3.05) is 20.8 Å². The predicted molar refractivity (Wildman–Crippen MR) is 78.5 cm³/mol. The van der Waals surface area contributed by atoms with E-state index >= 15 is 0 Å². The molecule has 1 aromatic carbocycles. The fourth-order valence-corrected chi connectivity index (χ4v) is 2.29. The van der Waals surface area contributed by atoms with Gasteiger partial charge in [-0.3, -0.25) is 0 Å². The van der Waals surface area contributed by atoms with Crippen molar-refractivity contribution in [3.8, 4) is 5.75 Å². The molecule has 21 heavy (non-hydrogen) atoms. The molecule has 0 fully saturated rings. The van der Waals surface area contributed by atoms with Gasteiger partial charge in [-0.2, -0.15) is 0 Å². The molecule has 1 atom stereocenters. The number of esters is 1. The van der Waals surface area contributed by atoms with Crippen LogP contribution < -0.4 is 10.5 Å². The molecule has 1 aliphatic heterocycles. The third-order valence-electron chi connectivity index (χ3n) is 3.80. The van der Waals surface area contributed by atoms with Crippen LogP contribution in [-0.2, 0) is 14.4 Å². The quantitative estimate of drug-likeness (QED) is 0.846. The molecule has 0 amide bonds. The summed E-state index contributed by atoms with van der Waals surface area (Å²) in [6.07, 6.45) is 0.259. The second kappa shape index (κ2) is 5.73. The van der Waals surface area contributed by atoms with Crippen LogP contribution in [0.25, 0.3) is 0 Å². The van der Waals surface area contributed by atoms with E-state index in [1.165, 1.54) is 7.11 Å². The predicted octanol–water partition coefficient (Wildman–Crippen LogP) is 1.31. The molecule has 2 N–H and O–H groups in total. The highest BCUT2D eigenvalue weighted by Crippen LogP contribution is 2.32. The van der Waals surface area contributed by atoms with E-state index < -0.39 is 11.6 Å². The van der Waals surface area contributed by atoms with Gasteiger partial charge < -0.3 is 20.0 Å². The van der Waals surface area contributed by atoms with Gasteiger partial charge in [0.15, 0.2) is 0 Å². The highest BCUT2D eigenvalue weighted by molar-refractivity contribution is 6.06. The molecule has 0 spiro atoms. The highest BCUT2D eigenvalue weighted by atomic mass is 16.7. The van der Waals surface area contributed by atoms with Crippen LogP contribution in [0.5, 0.6) is 5.75 Å². The van der Waals surface area contributed by atoms with Crippen LogP contribution in [-0.4, -0.2) is 38.0 Å². The Morgan fingerprint density at radius 2 is 2.05 bits per heavy atom. The van der Waals surface area contributed by atoms with Crippen LogP contribution in [0.4, 0.5) is 0 Å². The monoisotopic (exact) mass is 292 g/mol. The Kier molecular flexibility index (Phi) is 4.18. The summed E-state index contributed by atoms with van der Waals surface area (Å²) < 4.78 is 10.2. The number of carbonyl (C=O) groups excluding carboxylic acids is 1. The summed E-state index contributed by atoms with van der Waals surface area (Å²) in [7, 11) is 2.90. The van der Waals surface area contributed by atoms with Crippen molar-refractivity contribution in [1.29, 1.82) is 0 Å². The number of carbonyl (C=O) groups is 1. The number of aryl methyl sites for hydroxylation is 2. The first-order valence-corrected chi connectivity index (χ1v) is 6.66. The van der Waals surface area contributed by atoms with Gasteiger partial charge in [-0.05, 0) is 37.1 Å². The number of hydrogen-bond donors (Lipinski definition) is 1. The van der Waals surface area contributed by atoms with Gasteiger partial charge in [-0.25, -0.2) is 4.79 Å². The summed E-state index contributed by atoms with van der Waals surface area (Å²) >= 11 is 0. The largest absolute Gasteiger partial charge is 0.496 e. The minimum Gasteiger partial charge on any atom is -0.496 e. The fourth-order valence-electron chi connectivity index (χ4n) is 2.29. The smallest absolute Gasteiger partial charge is 0.354 e. The Labute approximate surface area is 123 Å². The molecule has 2 rings (SSSR count). The van der Waals surface area contributed by atoms with Gasteiger partial charge >= 0.3 is 5.97 Å². The average Bonchev–Trinajstić information content (AvgIpc) is 2.94. The number of ether oxygens (including phenoxy) is 2. The summed E-state index contributed by atoms with van der Waals surface area (Å²) in [5, 5.41) is 4.03. The van der Waals surface area contributed by atoms with E-state index in [-0.39, 0.29) is 13.0 Å². The maximum Gasteiger partial charge on any atom is 0.354 e. The first-order chi connectivity index (χ1) is 9.97. The summed E-state index contributed by atoms with van der Waals surface area (Å²) in [5.74, 6) is 0.171. The first-order valence-electron chi connectivity index (χ1n) is 6.66. The molecular formula is C15H20N2O4. The minimum absolute atomic E-state index is 0.000166. The molecular weight excluding hydrogens is 272 g/mol. The van der Waals surface area contributed by atoms with Gasteiger partial charge in [-0.1, -0.05) is 5.16 Å². The van der Waals surface area contributed by atoms with Crippen LogP contribution in [0, 0.1) is 13.8 Å². The van der Waals surface area contributed by atoms with Crippen molar-refractivity contribution in [3.63, 3.8) is 0 Å². The lowest BCUT2D eigenvalue weighted by Gasteiger charge is -2.21. The Bertz CT molecular complexity index is 598. The van der Waals surface area contributed by atoms with Crippen molar-refractivity contribution in [2.45, 2.75) is 25.9 Å². The lowest BCUT2D eigenvalue weighted by Crippen LogP contribution is -2.46. The van der Waals surface area contributed by atoms with Crippen molar-refractivity contribution in [1.82, 2.24) is 0 Å². The second-order valence-corrected chi connectivity index (χ2v) is 5.13. The van der Waals surface area contributed by atoms with Gasteiger partial charge in [0.05, 0.1) is 19.9 Å². The van der Waals surface area contributed by atoms with Crippen LogP contribution in [0.3, 0.4) is 0 Å². The van der Waals surface area contributed by atoms with E-state index in [1.54, 1.807) is 7.11 Å². The number of benzene rings is 1. The van der Waals surface area contributed by atoms with E-state index in [1.807, 2.05) is 26.0 Å². The summed E-state index contributed by atoms with van der Waals surface area (Å²) in [6.45, 7) is 4.01. The molecule has 1 heterocycles. The molecule has 6 heteroatoms. The van der Waals surface area contributed by atoms with Gasteiger partial charge in [0.2, 0.25) is 0 Å². The van der Waals surface area contributed by atoms with Crippen LogP contribution in [0.2, 0.25) is 0 Å². The van der Waals surface area contributed by atoms with E-state index in [9.17, 15) is 4.79 Å². The zero-order valence-corrected chi connectivity index (χ0v) is 12.7. The van der Waals surface area contributed by atoms with Crippen LogP contribution in [0.15, 0.2) is 17.3 Å². The van der Waals surface area contributed by atoms with Gasteiger partial charge in [-0.15, -0.1) is 0 Å². The lowest BCUT2D eigenvalue weighted by atomic mass is 9.92. The Hall–Kier alpha value is -2.08. The molecule has 0 saturated carbocycles. The van der Waals surface area contributed by atoms with E-state index in [0.29, 0.717) is 11.5 Å². The number of nitrogens with two attached hydrogens (primary N) is 1. The average molecular weight is 292 g/mol. The summed E-state index contributed by atoms with van der Waals surface area (Å²) in [6, 6.07) is 3.91. The number of hydrogen-bond acceptors (Lipinski definition) is 6. The molecule has 6 nitrogen and oxygen atoms in total. The van der Waals surface area contributed by atoms with Crippen molar-refractivity contribution >= 4 is 11.7 Å². The molecule has 1 aliphatic rings. The molecule has 0 aromatic heterocycles. The van der Waals surface area contributed by atoms with Gasteiger partial charge in [0.25, 0.3) is 5.60 Å². The minimum atomic E-state index is -1.24. The van der Waals surface area contributed by atoms with Crippen molar-refractivity contribution in [2.24, 2.45) is 10.9 Å². The Morgan fingerprint density at radius 3 is 2.62 bits per heavy atom. The topological polar surface area (TPSA) is 83.1 Å². The summed E-state index contributed by atoms with van der Waals surface area (Å²) in [4.78, 5) is 17.2. The third-order valence-corrected chi connectivity index (χ3v) is 3.80. The molecule has 1 unspecified atom stereocenters. The van der Waals surface area contributed by atoms with Crippen molar-refractivity contribution < 1.29 is 19.1 Å². The third kappa shape index (κ3) is 2.58. The normalized spacial score (nSPS) is 20.7. The van der Waals surface area contributed by atoms with Gasteiger partial charge in [0, 0.05) is 18.5 Å². The van der Waals surface area contributed by atoms with E-state index in [4.69, 9.17) is 20.0 Å². The van der Waals surface area contributed by atoms with Gasteiger partial charge in [0.1, 0.15) is 5.75 Å². The molecule has 0 radical (unpaired) electrons. The molecule has 0 bridgehead atoms. The SMILES string of the molecule is COC(=O)C1(CN)CC(c2cc(C)c(C)cc2OC)=NO1. The fraction of sp³-hybridized carbons (Fsp3) is 0.467. The maximum atomic E-state index is 11.9. The second-order valence-electron chi connectivity index (χ2n) is 5.13. The standard InChI is InChI=1S/C15H20N2O4/c1-9-5-11(13(19-3)6-10(9)2)12-7-15(8-16,21-17-12)14(18)20-4/h5-6H,7-8,16H2,1-4H3. The van der Waals surface area contributed by atoms with Crippen LogP contribution in [0.1, 0.15) is 23.1 Å². The number of methoxy groups -OCH3 is 2. The van der Waals surface area contributed by atoms with E-state index in [2.05, 4.69) is 5.16 Å². The van der Waals surface area contributed by atoms with E-state index in [0.717, 1.165) is 16.7 Å². The maximum absolute atomic E-state index is 11.9. The molecule has 0 saturated heterocycles. The molecule has 0 aliphatic carbocycles. The zero-order valence-electron chi connectivity index (χ0n) is 12.7. The van der Waals surface area contributed by atoms with Crippen molar-refractivity contribution in [3.05, 3.63) is 28.8 Å². The first kappa shape index (κ1) is 15.3. The Morgan fingerprint density at radius 1 is 1.38 bits per heavy atom. The summed E-state index contributed by atoms with van der Waals surface area (Å²) in [5.41, 5.74) is 8.10. The molecule has 114 valence electrons.